The Hall–Kier alpha value is -1.73. The van der Waals surface area contributed by atoms with E-state index >= 15 is 0 Å². The molecule has 0 saturated heterocycles. The van der Waals surface area contributed by atoms with Crippen molar-refractivity contribution in [2.24, 2.45) is 0 Å². The second-order valence-corrected chi connectivity index (χ2v) is 6.15. The van der Waals surface area contributed by atoms with Gasteiger partial charge >= 0.3 is 0 Å². The van der Waals surface area contributed by atoms with Crippen molar-refractivity contribution in [1.82, 2.24) is 14.7 Å². The number of ether oxygens (including phenoxy) is 1. The van der Waals surface area contributed by atoms with E-state index in [2.05, 4.69) is 22.1 Å². The quantitative estimate of drug-likeness (QED) is 0.749. The van der Waals surface area contributed by atoms with Crippen LogP contribution in [0.5, 0.6) is 0 Å². The minimum atomic E-state index is -0.896. The molecule has 0 aliphatic carbocycles. The highest BCUT2D eigenvalue weighted by Gasteiger charge is 2.19. The maximum atomic E-state index is 9.74. The summed E-state index contributed by atoms with van der Waals surface area (Å²) in [6.45, 7) is 4.54. The zero-order valence-corrected chi connectivity index (χ0v) is 13.8. The number of aryl methyl sites for hydroxylation is 1. The fourth-order valence-electron chi connectivity index (χ4n) is 2.96. The second-order valence-electron chi connectivity index (χ2n) is 6.15. The van der Waals surface area contributed by atoms with E-state index in [1.54, 1.807) is 0 Å². The van der Waals surface area contributed by atoms with Gasteiger partial charge in [0.15, 0.2) is 0 Å². The molecule has 0 amide bonds. The largest absolute Gasteiger partial charge is 0.393 e. The predicted molar refractivity (Wildman–Crippen MR) is 90.3 cm³/mol. The SMILES string of the molecule is OC[C@@H](O)c1cc2n(n1)CCCN(CCOCc1ccccc1)C2. The number of rotatable bonds is 7. The zero-order chi connectivity index (χ0) is 16.8. The van der Waals surface area contributed by atoms with Crippen molar-refractivity contribution in [2.45, 2.75) is 32.2 Å². The molecular weight excluding hydrogens is 306 g/mol. The lowest BCUT2D eigenvalue weighted by Gasteiger charge is -2.19. The van der Waals surface area contributed by atoms with Crippen molar-refractivity contribution in [3.8, 4) is 0 Å². The molecule has 0 saturated carbocycles. The monoisotopic (exact) mass is 331 g/mol. The molecule has 0 unspecified atom stereocenters. The summed E-state index contributed by atoms with van der Waals surface area (Å²) in [7, 11) is 0. The highest BCUT2D eigenvalue weighted by molar-refractivity contribution is 5.14. The summed E-state index contributed by atoms with van der Waals surface area (Å²) in [5.74, 6) is 0. The Morgan fingerprint density at radius 1 is 1.21 bits per heavy atom. The van der Waals surface area contributed by atoms with Crippen LogP contribution in [0.3, 0.4) is 0 Å². The van der Waals surface area contributed by atoms with E-state index in [1.807, 2.05) is 28.9 Å². The number of aliphatic hydroxyl groups excluding tert-OH is 2. The van der Waals surface area contributed by atoms with Gasteiger partial charge in [-0.1, -0.05) is 30.3 Å². The third-order valence-corrected chi connectivity index (χ3v) is 4.29. The van der Waals surface area contributed by atoms with Crippen molar-refractivity contribution in [3.63, 3.8) is 0 Å². The number of benzene rings is 1. The van der Waals surface area contributed by atoms with Gasteiger partial charge in [-0.3, -0.25) is 9.58 Å². The van der Waals surface area contributed by atoms with Gasteiger partial charge in [-0.05, 0) is 18.1 Å². The lowest BCUT2D eigenvalue weighted by molar-refractivity contribution is 0.0898. The first-order valence-corrected chi connectivity index (χ1v) is 8.46. The van der Waals surface area contributed by atoms with Gasteiger partial charge in [-0.25, -0.2) is 0 Å². The summed E-state index contributed by atoms with van der Waals surface area (Å²) in [5.41, 5.74) is 2.82. The van der Waals surface area contributed by atoms with Crippen LogP contribution >= 0.6 is 0 Å². The molecule has 1 aliphatic rings. The molecule has 0 fully saturated rings. The highest BCUT2D eigenvalue weighted by atomic mass is 16.5. The maximum Gasteiger partial charge on any atom is 0.121 e. The van der Waals surface area contributed by atoms with E-state index in [0.29, 0.717) is 18.9 Å². The topological polar surface area (TPSA) is 70.8 Å². The Bertz CT molecular complexity index is 630. The Labute approximate surface area is 142 Å². The van der Waals surface area contributed by atoms with Gasteiger partial charge in [0.25, 0.3) is 0 Å². The Kier molecular flexibility index (Phi) is 5.98. The third kappa shape index (κ3) is 4.42. The molecule has 1 atom stereocenters. The minimum Gasteiger partial charge on any atom is -0.393 e. The molecule has 6 nitrogen and oxygen atoms in total. The molecular formula is C18H25N3O3. The molecule has 0 bridgehead atoms. The fraction of sp³-hybridized carbons (Fsp3) is 0.500. The van der Waals surface area contributed by atoms with Gasteiger partial charge in [-0.2, -0.15) is 5.10 Å². The molecule has 1 aromatic heterocycles. The van der Waals surface area contributed by atoms with Crippen molar-refractivity contribution in [3.05, 3.63) is 53.3 Å². The van der Waals surface area contributed by atoms with E-state index in [4.69, 9.17) is 9.84 Å². The molecule has 2 aromatic rings. The van der Waals surface area contributed by atoms with Gasteiger partial charge in [0, 0.05) is 26.2 Å². The first-order chi connectivity index (χ1) is 11.8. The van der Waals surface area contributed by atoms with Crippen molar-refractivity contribution >= 4 is 0 Å². The van der Waals surface area contributed by atoms with Crippen LogP contribution in [-0.2, 0) is 24.4 Å². The average Bonchev–Trinajstić information content (AvgIpc) is 2.92. The molecule has 3 rings (SSSR count). The minimum absolute atomic E-state index is 0.298. The van der Waals surface area contributed by atoms with Crippen molar-refractivity contribution in [1.29, 1.82) is 0 Å². The number of hydrogen-bond acceptors (Lipinski definition) is 5. The average molecular weight is 331 g/mol. The molecule has 130 valence electrons. The van der Waals surface area contributed by atoms with E-state index in [9.17, 15) is 5.11 Å². The zero-order valence-electron chi connectivity index (χ0n) is 13.8. The lowest BCUT2D eigenvalue weighted by atomic mass is 10.2. The standard InChI is InChI=1S/C18H25N3O3/c22-13-18(23)17-11-16-12-20(7-4-8-21(16)19-17)9-10-24-14-15-5-2-1-3-6-15/h1-3,5-6,11,18,22-23H,4,7-10,12-14H2/t18-/m1/s1. The van der Waals surface area contributed by atoms with Crippen LogP contribution in [0.1, 0.15) is 29.5 Å². The smallest absolute Gasteiger partial charge is 0.121 e. The highest BCUT2D eigenvalue weighted by Crippen LogP contribution is 2.17. The number of aromatic nitrogens is 2. The van der Waals surface area contributed by atoms with Gasteiger partial charge < -0.3 is 14.9 Å². The molecule has 0 spiro atoms. The van der Waals surface area contributed by atoms with Crippen LogP contribution in [0.25, 0.3) is 0 Å². The molecule has 2 N–H and O–H groups in total. The summed E-state index contributed by atoms with van der Waals surface area (Å²) in [6, 6.07) is 12.1. The maximum absolute atomic E-state index is 9.74. The Morgan fingerprint density at radius 2 is 2.04 bits per heavy atom. The molecule has 1 aliphatic heterocycles. The first kappa shape index (κ1) is 17.1. The van der Waals surface area contributed by atoms with E-state index in [1.165, 1.54) is 5.56 Å². The normalized spacial score (nSPS) is 16.6. The Balaban J connectivity index is 1.49. The van der Waals surface area contributed by atoms with E-state index in [-0.39, 0.29) is 6.61 Å². The van der Waals surface area contributed by atoms with Crippen LogP contribution in [0.4, 0.5) is 0 Å². The first-order valence-electron chi connectivity index (χ1n) is 8.46. The summed E-state index contributed by atoms with van der Waals surface area (Å²) in [4.78, 5) is 2.35. The van der Waals surface area contributed by atoms with Crippen LogP contribution in [0.15, 0.2) is 36.4 Å². The van der Waals surface area contributed by atoms with Gasteiger partial charge in [0.2, 0.25) is 0 Å². The van der Waals surface area contributed by atoms with Crippen molar-refractivity contribution < 1.29 is 14.9 Å². The number of hydrogen-bond donors (Lipinski definition) is 2. The Morgan fingerprint density at radius 3 is 2.83 bits per heavy atom. The molecule has 1 aromatic carbocycles. The van der Waals surface area contributed by atoms with Crippen LogP contribution in [0, 0.1) is 0 Å². The van der Waals surface area contributed by atoms with Gasteiger partial charge in [-0.15, -0.1) is 0 Å². The molecule has 24 heavy (non-hydrogen) atoms. The molecule has 6 heteroatoms. The number of fused-ring (bicyclic) bond motifs is 1. The van der Waals surface area contributed by atoms with Crippen molar-refractivity contribution in [2.75, 3.05) is 26.3 Å². The van der Waals surface area contributed by atoms with Gasteiger partial charge in [0.1, 0.15) is 6.10 Å². The summed E-state index contributed by atoms with van der Waals surface area (Å²) >= 11 is 0. The van der Waals surface area contributed by atoms with E-state index in [0.717, 1.165) is 38.3 Å². The fourth-order valence-corrected chi connectivity index (χ4v) is 2.96. The number of nitrogens with zero attached hydrogens (tertiary/aromatic N) is 3. The van der Waals surface area contributed by atoms with Crippen LogP contribution in [0.2, 0.25) is 0 Å². The van der Waals surface area contributed by atoms with E-state index < -0.39 is 6.10 Å². The number of aliphatic hydroxyl groups is 2. The summed E-state index contributed by atoms with van der Waals surface area (Å²) in [5, 5.41) is 23.2. The van der Waals surface area contributed by atoms with Gasteiger partial charge in [0.05, 0.1) is 31.2 Å². The predicted octanol–water partition coefficient (Wildman–Crippen LogP) is 1.33. The summed E-state index contributed by atoms with van der Waals surface area (Å²) < 4.78 is 7.72. The third-order valence-electron chi connectivity index (χ3n) is 4.29. The second kappa shape index (κ2) is 8.39. The van der Waals surface area contributed by atoms with Crippen LogP contribution < -0.4 is 0 Å². The molecule has 2 heterocycles. The van der Waals surface area contributed by atoms with Crippen LogP contribution in [-0.4, -0.2) is 51.2 Å². The summed E-state index contributed by atoms with van der Waals surface area (Å²) in [6.07, 6.45) is 0.120. The molecule has 0 radical (unpaired) electrons. The lowest BCUT2D eigenvalue weighted by Crippen LogP contribution is -2.27.